The van der Waals surface area contributed by atoms with Crippen molar-refractivity contribution < 1.29 is 9.18 Å². The third kappa shape index (κ3) is 2.92. The Morgan fingerprint density at radius 1 is 1.33 bits per heavy atom. The molecular weight excluding hydrogens is 299 g/mol. The summed E-state index contributed by atoms with van der Waals surface area (Å²) in [5, 5.41) is 2.59. The van der Waals surface area contributed by atoms with E-state index in [1.165, 1.54) is 12.3 Å². The van der Waals surface area contributed by atoms with Gasteiger partial charge in [-0.25, -0.2) is 4.39 Å². The highest BCUT2D eigenvalue weighted by molar-refractivity contribution is 9.10. The average Bonchev–Trinajstić information content (AvgIpc) is 2.32. The smallest absolute Gasteiger partial charge is 0.255 e. The monoisotopic (exact) mass is 308 g/mol. The molecule has 0 atom stereocenters. The van der Waals surface area contributed by atoms with Crippen molar-refractivity contribution in [1.82, 2.24) is 4.98 Å². The van der Waals surface area contributed by atoms with Crippen LogP contribution in [-0.4, -0.2) is 10.9 Å². The number of nitrogens with one attached hydrogen (secondary N) is 1. The molecule has 0 bridgehead atoms. The van der Waals surface area contributed by atoms with Crippen LogP contribution in [0.15, 0.2) is 41.1 Å². The van der Waals surface area contributed by atoms with E-state index in [9.17, 15) is 9.18 Å². The Morgan fingerprint density at radius 3 is 2.78 bits per heavy atom. The first-order valence-corrected chi connectivity index (χ1v) is 6.03. The molecule has 1 aromatic carbocycles. The normalized spacial score (nSPS) is 10.2. The number of pyridine rings is 1. The summed E-state index contributed by atoms with van der Waals surface area (Å²) >= 11 is 3.36. The van der Waals surface area contributed by atoms with Crippen molar-refractivity contribution in [2.24, 2.45) is 0 Å². The van der Waals surface area contributed by atoms with Crippen LogP contribution in [0.25, 0.3) is 0 Å². The predicted molar refractivity (Wildman–Crippen MR) is 71.0 cm³/mol. The molecule has 1 amide bonds. The number of hydrogen-bond donors (Lipinski definition) is 1. The molecule has 2 aromatic rings. The standard InChI is InChI=1S/C13H10BrFN2O/c1-8-4-9(2-3-12(8)14)13(18)17-11-5-10(15)6-16-7-11/h2-7H,1H3,(H,17,18). The van der Waals surface area contributed by atoms with Crippen molar-refractivity contribution in [3.8, 4) is 0 Å². The molecule has 92 valence electrons. The van der Waals surface area contributed by atoms with E-state index in [4.69, 9.17) is 0 Å². The van der Waals surface area contributed by atoms with Crippen LogP contribution in [0.5, 0.6) is 0 Å². The van der Waals surface area contributed by atoms with E-state index in [2.05, 4.69) is 26.2 Å². The van der Waals surface area contributed by atoms with Crippen molar-refractivity contribution in [1.29, 1.82) is 0 Å². The second kappa shape index (κ2) is 5.27. The van der Waals surface area contributed by atoms with Crippen molar-refractivity contribution in [2.45, 2.75) is 6.92 Å². The molecule has 0 spiro atoms. The molecule has 0 unspecified atom stereocenters. The molecule has 0 saturated carbocycles. The van der Waals surface area contributed by atoms with Crippen molar-refractivity contribution in [3.05, 3.63) is 58.1 Å². The lowest BCUT2D eigenvalue weighted by Crippen LogP contribution is -2.12. The number of amides is 1. The van der Waals surface area contributed by atoms with E-state index in [0.29, 0.717) is 11.3 Å². The van der Waals surface area contributed by atoms with Crippen LogP contribution in [0.4, 0.5) is 10.1 Å². The van der Waals surface area contributed by atoms with Crippen LogP contribution in [-0.2, 0) is 0 Å². The molecule has 2 rings (SSSR count). The van der Waals surface area contributed by atoms with Gasteiger partial charge in [-0.3, -0.25) is 9.78 Å². The number of hydrogen-bond acceptors (Lipinski definition) is 2. The van der Waals surface area contributed by atoms with Crippen molar-refractivity contribution in [3.63, 3.8) is 0 Å². The van der Waals surface area contributed by atoms with Gasteiger partial charge in [-0.2, -0.15) is 0 Å². The third-order valence-corrected chi connectivity index (χ3v) is 3.27. The molecule has 0 radical (unpaired) electrons. The summed E-state index contributed by atoms with van der Waals surface area (Å²) in [6, 6.07) is 6.47. The van der Waals surface area contributed by atoms with E-state index in [1.807, 2.05) is 6.92 Å². The topological polar surface area (TPSA) is 42.0 Å². The highest BCUT2D eigenvalue weighted by atomic mass is 79.9. The summed E-state index contributed by atoms with van der Waals surface area (Å²) in [7, 11) is 0. The van der Waals surface area contributed by atoms with Crippen molar-refractivity contribution in [2.75, 3.05) is 5.32 Å². The van der Waals surface area contributed by atoms with Gasteiger partial charge in [0.2, 0.25) is 0 Å². The number of rotatable bonds is 2. The van der Waals surface area contributed by atoms with Gasteiger partial charge >= 0.3 is 0 Å². The largest absolute Gasteiger partial charge is 0.320 e. The van der Waals surface area contributed by atoms with Gasteiger partial charge in [0.25, 0.3) is 5.91 Å². The summed E-state index contributed by atoms with van der Waals surface area (Å²) in [6.45, 7) is 1.89. The number of benzene rings is 1. The Bertz CT molecular complexity index is 601. The fourth-order valence-corrected chi connectivity index (χ4v) is 1.72. The maximum Gasteiger partial charge on any atom is 0.255 e. The molecule has 5 heteroatoms. The lowest BCUT2D eigenvalue weighted by Gasteiger charge is -2.06. The van der Waals surface area contributed by atoms with Crippen LogP contribution in [0, 0.1) is 12.7 Å². The summed E-state index contributed by atoms with van der Waals surface area (Å²) < 4.78 is 13.9. The van der Waals surface area contributed by atoms with Crippen LogP contribution in [0.2, 0.25) is 0 Å². The highest BCUT2D eigenvalue weighted by Crippen LogP contribution is 2.18. The van der Waals surface area contributed by atoms with Gasteiger partial charge in [0, 0.05) is 16.1 Å². The zero-order valence-electron chi connectivity index (χ0n) is 9.58. The van der Waals surface area contributed by atoms with Gasteiger partial charge < -0.3 is 5.32 Å². The summed E-state index contributed by atoms with van der Waals surface area (Å²) in [4.78, 5) is 15.6. The SMILES string of the molecule is Cc1cc(C(=O)Nc2cncc(F)c2)ccc1Br. The van der Waals surface area contributed by atoms with Gasteiger partial charge in [-0.1, -0.05) is 15.9 Å². The van der Waals surface area contributed by atoms with Crippen LogP contribution >= 0.6 is 15.9 Å². The first-order valence-electron chi connectivity index (χ1n) is 5.24. The Kier molecular flexibility index (Phi) is 3.72. The molecular formula is C13H10BrFN2O. The van der Waals surface area contributed by atoms with Gasteiger partial charge in [0.05, 0.1) is 18.1 Å². The quantitative estimate of drug-likeness (QED) is 0.922. The van der Waals surface area contributed by atoms with Crippen molar-refractivity contribution >= 4 is 27.5 Å². The molecule has 1 aromatic heterocycles. The van der Waals surface area contributed by atoms with E-state index < -0.39 is 5.82 Å². The first kappa shape index (κ1) is 12.7. The first-order chi connectivity index (χ1) is 8.56. The number of halogens is 2. The van der Waals surface area contributed by atoms with E-state index in [1.54, 1.807) is 18.2 Å². The molecule has 18 heavy (non-hydrogen) atoms. The minimum absolute atomic E-state index is 0.294. The minimum atomic E-state index is -0.486. The summed E-state index contributed by atoms with van der Waals surface area (Å²) in [6.07, 6.45) is 2.48. The Morgan fingerprint density at radius 2 is 2.11 bits per heavy atom. The molecule has 1 heterocycles. The number of anilines is 1. The molecule has 0 saturated heterocycles. The van der Waals surface area contributed by atoms with Gasteiger partial charge in [-0.15, -0.1) is 0 Å². The highest BCUT2D eigenvalue weighted by Gasteiger charge is 2.08. The van der Waals surface area contributed by atoms with E-state index in [0.717, 1.165) is 16.2 Å². The second-order valence-electron chi connectivity index (χ2n) is 3.81. The number of carbonyl (C=O) groups is 1. The predicted octanol–water partition coefficient (Wildman–Crippen LogP) is 3.54. The van der Waals surface area contributed by atoms with E-state index in [-0.39, 0.29) is 5.91 Å². The van der Waals surface area contributed by atoms with Crippen LogP contribution < -0.4 is 5.32 Å². The van der Waals surface area contributed by atoms with Gasteiger partial charge in [0.1, 0.15) is 5.82 Å². The molecule has 0 aliphatic heterocycles. The van der Waals surface area contributed by atoms with Crippen LogP contribution in [0.3, 0.4) is 0 Å². The lowest BCUT2D eigenvalue weighted by molar-refractivity contribution is 0.102. The average molecular weight is 309 g/mol. The molecule has 0 aliphatic carbocycles. The molecule has 0 aliphatic rings. The maximum atomic E-state index is 12.9. The number of aryl methyl sites for hydroxylation is 1. The zero-order valence-corrected chi connectivity index (χ0v) is 11.2. The maximum absolute atomic E-state index is 12.9. The number of nitrogens with zero attached hydrogens (tertiary/aromatic N) is 1. The fourth-order valence-electron chi connectivity index (χ4n) is 1.47. The lowest BCUT2D eigenvalue weighted by atomic mass is 10.1. The second-order valence-corrected chi connectivity index (χ2v) is 4.66. The Labute approximate surface area is 112 Å². The molecule has 3 nitrogen and oxygen atoms in total. The van der Waals surface area contributed by atoms with Gasteiger partial charge in [-0.05, 0) is 30.7 Å². The van der Waals surface area contributed by atoms with E-state index >= 15 is 0 Å². The third-order valence-electron chi connectivity index (χ3n) is 2.38. The minimum Gasteiger partial charge on any atom is -0.320 e. The number of aromatic nitrogens is 1. The Hall–Kier alpha value is -1.75. The van der Waals surface area contributed by atoms with Crippen LogP contribution in [0.1, 0.15) is 15.9 Å². The van der Waals surface area contributed by atoms with Gasteiger partial charge in [0.15, 0.2) is 0 Å². The molecule has 1 N–H and O–H groups in total. The summed E-state index contributed by atoms with van der Waals surface area (Å²) in [5.41, 5.74) is 1.81. The Balaban J connectivity index is 2.19. The number of carbonyl (C=O) groups excluding carboxylic acids is 1. The fraction of sp³-hybridized carbons (Fsp3) is 0.0769. The zero-order chi connectivity index (χ0) is 13.1. The molecule has 0 fully saturated rings. The summed E-state index contributed by atoms with van der Waals surface area (Å²) in [5.74, 6) is -0.780.